The van der Waals surface area contributed by atoms with Gasteiger partial charge in [-0.1, -0.05) is 0 Å². The Morgan fingerprint density at radius 2 is 2.20 bits per heavy atom. The molecule has 0 aromatic carbocycles. The molecule has 0 spiro atoms. The Bertz CT molecular complexity index is 340. The van der Waals surface area contributed by atoms with Crippen molar-refractivity contribution in [1.29, 1.82) is 0 Å². The summed E-state index contributed by atoms with van der Waals surface area (Å²) in [7, 11) is 3.66. The van der Waals surface area contributed by atoms with Crippen molar-refractivity contribution >= 4 is 5.97 Å². The lowest BCUT2D eigenvalue weighted by Crippen LogP contribution is -2.41. The van der Waals surface area contributed by atoms with Crippen LogP contribution in [0.1, 0.15) is 19.0 Å². The van der Waals surface area contributed by atoms with Gasteiger partial charge in [0.1, 0.15) is 0 Å². The van der Waals surface area contributed by atoms with Crippen LogP contribution in [0.15, 0.2) is 18.6 Å². The maximum absolute atomic E-state index is 10.8. The highest BCUT2D eigenvalue weighted by Crippen LogP contribution is 2.27. The van der Waals surface area contributed by atoms with E-state index in [1.54, 1.807) is 18.6 Å². The van der Waals surface area contributed by atoms with Crippen molar-refractivity contribution in [2.24, 2.45) is 0 Å². The van der Waals surface area contributed by atoms with Crippen LogP contribution in [0.5, 0.6) is 0 Å². The molecule has 0 saturated carbocycles. The Balaban J connectivity index is 3.07. The van der Waals surface area contributed by atoms with Crippen molar-refractivity contribution in [3.05, 3.63) is 24.3 Å². The fraction of sp³-hybridized carbons (Fsp3) is 0.500. The molecular weight excluding hydrogens is 194 g/mol. The van der Waals surface area contributed by atoms with Crippen LogP contribution in [-0.2, 0) is 10.3 Å². The van der Waals surface area contributed by atoms with Gasteiger partial charge >= 0.3 is 5.97 Å². The summed E-state index contributed by atoms with van der Waals surface area (Å²) in [5, 5.41) is 8.88. The number of rotatable bonds is 4. The molecule has 1 aromatic heterocycles. The van der Waals surface area contributed by atoms with Crippen LogP contribution in [0, 0.1) is 0 Å². The first-order chi connectivity index (χ1) is 6.97. The number of hydrogen-bond donors (Lipinski definition) is 1. The molecule has 1 heterocycles. The standard InChI is InChI=1S/C10H15N3O2/c1-10(13(2)3,6-9(14)15)8-7-11-4-5-12-8/h4-5,7H,6H2,1-3H3,(H,14,15). The van der Waals surface area contributed by atoms with Crippen LogP contribution in [0.3, 0.4) is 0 Å². The molecule has 15 heavy (non-hydrogen) atoms. The number of carboxylic acid groups (broad SMARTS) is 1. The van der Waals surface area contributed by atoms with E-state index in [4.69, 9.17) is 5.11 Å². The predicted molar refractivity (Wildman–Crippen MR) is 55.3 cm³/mol. The molecule has 1 rings (SSSR count). The average molecular weight is 209 g/mol. The van der Waals surface area contributed by atoms with Gasteiger partial charge in [0.25, 0.3) is 0 Å². The van der Waals surface area contributed by atoms with E-state index in [1.165, 1.54) is 0 Å². The van der Waals surface area contributed by atoms with Crippen LogP contribution in [0.4, 0.5) is 0 Å². The Hall–Kier alpha value is -1.49. The number of nitrogens with zero attached hydrogens (tertiary/aromatic N) is 3. The Labute approximate surface area is 88.8 Å². The molecule has 1 N–H and O–H groups in total. The van der Waals surface area contributed by atoms with Gasteiger partial charge < -0.3 is 5.11 Å². The van der Waals surface area contributed by atoms with E-state index < -0.39 is 11.5 Å². The molecule has 0 aliphatic rings. The normalized spacial score (nSPS) is 14.9. The fourth-order valence-electron chi connectivity index (χ4n) is 1.35. The minimum Gasteiger partial charge on any atom is -0.481 e. The largest absolute Gasteiger partial charge is 0.481 e. The molecule has 0 radical (unpaired) electrons. The first-order valence-corrected chi connectivity index (χ1v) is 4.62. The molecule has 5 nitrogen and oxygen atoms in total. The van der Waals surface area contributed by atoms with Gasteiger partial charge in [-0.25, -0.2) is 0 Å². The van der Waals surface area contributed by atoms with Gasteiger partial charge in [-0.3, -0.25) is 19.7 Å². The van der Waals surface area contributed by atoms with Crippen molar-refractivity contribution in [3.63, 3.8) is 0 Å². The van der Waals surface area contributed by atoms with Crippen LogP contribution < -0.4 is 0 Å². The number of aliphatic carboxylic acids is 1. The quantitative estimate of drug-likeness (QED) is 0.791. The predicted octanol–water partition coefficient (Wildman–Crippen LogP) is 0.728. The molecule has 0 saturated heterocycles. The van der Waals surface area contributed by atoms with Crippen molar-refractivity contribution in [2.75, 3.05) is 14.1 Å². The van der Waals surface area contributed by atoms with Crippen molar-refractivity contribution in [2.45, 2.75) is 18.9 Å². The number of carbonyl (C=O) groups is 1. The SMILES string of the molecule is CN(C)C(C)(CC(=O)O)c1cnccn1. The second kappa shape index (κ2) is 4.35. The van der Waals surface area contributed by atoms with E-state index in [9.17, 15) is 4.79 Å². The summed E-state index contributed by atoms with van der Waals surface area (Å²) in [6.45, 7) is 1.84. The lowest BCUT2D eigenvalue weighted by molar-refractivity contribution is -0.140. The lowest BCUT2D eigenvalue weighted by Gasteiger charge is -2.34. The second-order valence-electron chi connectivity index (χ2n) is 3.83. The molecule has 0 aliphatic carbocycles. The molecule has 0 amide bonds. The van der Waals surface area contributed by atoms with Crippen molar-refractivity contribution in [3.8, 4) is 0 Å². The minimum atomic E-state index is -0.850. The molecule has 0 fully saturated rings. The molecule has 5 heteroatoms. The van der Waals surface area contributed by atoms with E-state index in [-0.39, 0.29) is 6.42 Å². The topological polar surface area (TPSA) is 66.3 Å². The number of carboxylic acids is 1. The van der Waals surface area contributed by atoms with Gasteiger partial charge in [0, 0.05) is 12.4 Å². The Morgan fingerprint density at radius 1 is 1.53 bits per heavy atom. The molecule has 82 valence electrons. The summed E-state index contributed by atoms with van der Waals surface area (Å²) < 4.78 is 0. The summed E-state index contributed by atoms with van der Waals surface area (Å²) >= 11 is 0. The smallest absolute Gasteiger partial charge is 0.305 e. The van der Waals surface area contributed by atoms with Crippen molar-refractivity contribution in [1.82, 2.24) is 14.9 Å². The Kier molecular flexibility index (Phi) is 3.36. The number of aromatic nitrogens is 2. The second-order valence-corrected chi connectivity index (χ2v) is 3.83. The van der Waals surface area contributed by atoms with E-state index >= 15 is 0 Å². The van der Waals surface area contributed by atoms with Crippen LogP contribution in [0.2, 0.25) is 0 Å². The Morgan fingerprint density at radius 3 is 2.60 bits per heavy atom. The third-order valence-electron chi connectivity index (χ3n) is 2.60. The summed E-state index contributed by atoms with van der Waals surface area (Å²) in [5.41, 5.74) is 0.0394. The first-order valence-electron chi connectivity index (χ1n) is 4.62. The van der Waals surface area contributed by atoms with Gasteiger partial charge in [-0.15, -0.1) is 0 Å². The maximum Gasteiger partial charge on any atom is 0.305 e. The fourth-order valence-corrected chi connectivity index (χ4v) is 1.35. The third kappa shape index (κ3) is 2.50. The number of hydrogen-bond acceptors (Lipinski definition) is 4. The monoisotopic (exact) mass is 209 g/mol. The molecule has 1 aromatic rings. The zero-order chi connectivity index (χ0) is 11.5. The summed E-state index contributed by atoms with van der Waals surface area (Å²) in [5.74, 6) is -0.850. The zero-order valence-corrected chi connectivity index (χ0v) is 9.14. The average Bonchev–Trinajstić information content (AvgIpc) is 2.17. The molecule has 0 bridgehead atoms. The summed E-state index contributed by atoms with van der Waals surface area (Å²) in [6.07, 6.45) is 4.74. The maximum atomic E-state index is 10.8. The molecule has 1 atom stereocenters. The molecule has 0 aliphatic heterocycles. The van der Waals surface area contributed by atoms with Crippen molar-refractivity contribution < 1.29 is 9.90 Å². The molecular formula is C10H15N3O2. The van der Waals surface area contributed by atoms with Gasteiger partial charge in [0.2, 0.25) is 0 Å². The van der Waals surface area contributed by atoms with Gasteiger partial charge in [-0.05, 0) is 21.0 Å². The molecule has 1 unspecified atom stereocenters. The summed E-state index contributed by atoms with van der Waals surface area (Å²) in [4.78, 5) is 20.8. The van der Waals surface area contributed by atoms with E-state index in [0.29, 0.717) is 5.69 Å². The minimum absolute atomic E-state index is 0.00130. The van der Waals surface area contributed by atoms with E-state index in [1.807, 2.05) is 25.9 Å². The van der Waals surface area contributed by atoms with Gasteiger partial charge in [-0.2, -0.15) is 0 Å². The highest BCUT2D eigenvalue weighted by molar-refractivity contribution is 5.68. The van der Waals surface area contributed by atoms with E-state index in [2.05, 4.69) is 9.97 Å². The van der Waals surface area contributed by atoms with Crippen LogP contribution >= 0.6 is 0 Å². The van der Waals surface area contributed by atoms with Crippen LogP contribution in [-0.4, -0.2) is 40.0 Å². The third-order valence-corrected chi connectivity index (χ3v) is 2.60. The highest BCUT2D eigenvalue weighted by Gasteiger charge is 2.33. The van der Waals surface area contributed by atoms with E-state index in [0.717, 1.165) is 0 Å². The van der Waals surface area contributed by atoms with Crippen LogP contribution in [0.25, 0.3) is 0 Å². The van der Waals surface area contributed by atoms with Gasteiger partial charge in [0.15, 0.2) is 0 Å². The first kappa shape index (κ1) is 11.6. The summed E-state index contributed by atoms with van der Waals surface area (Å²) in [6, 6.07) is 0. The zero-order valence-electron chi connectivity index (χ0n) is 9.14. The lowest BCUT2D eigenvalue weighted by atomic mass is 9.92. The van der Waals surface area contributed by atoms with Gasteiger partial charge in [0.05, 0.1) is 23.9 Å². The highest BCUT2D eigenvalue weighted by atomic mass is 16.4.